The van der Waals surface area contributed by atoms with E-state index in [-0.39, 0.29) is 18.1 Å². The molecule has 6 heteroatoms. The summed E-state index contributed by atoms with van der Waals surface area (Å²) in [4.78, 5) is 16.3. The number of ether oxygens (including phenoxy) is 2. The van der Waals surface area contributed by atoms with E-state index in [0.717, 1.165) is 6.42 Å². The lowest BCUT2D eigenvalue weighted by atomic mass is 10.1. The van der Waals surface area contributed by atoms with Crippen LogP contribution >= 0.6 is 11.3 Å². The summed E-state index contributed by atoms with van der Waals surface area (Å²) in [6.07, 6.45) is 2.29. The Kier molecular flexibility index (Phi) is 4.47. The van der Waals surface area contributed by atoms with Crippen LogP contribution in [-0.4, -0.2) is 36.3 Å². The van der Waals surface area contributed by atoms with Gasteiger partial charge in [-0.25, -0.2) is 4.98 Å². The summed E-state index contributed by atoms with van der Waals surface area (Å²) < 4.78 is 11.3. The molecule has 3 rings (SSSR count). The minimum atomic E-state index is -0.173. The first-order valence-electron chi connectivity index (χ1n) is 6.81. The number of rotatable bonds is 4. The number of hydrogen-bond donors (Lipinski definition) is 1. The Labute approximate surface area is 126 Å². The molecule has 0 bridgehead atoms. The number of nitrogens with one attached hydrogen (secondary N) is 1. The van der Waals surface area contributed by atoms with Gasteiger partial charge in [0.15, 0.2) is 0 Å². The fourth-order valence-electron chi connectivity index (χ4n) is 2.21. The Hall–Kier alpha value is -1.92. The first-order chi connectivity index (χ1) is 10.3. The van der Waals surface area contributed by atoms with Crippen molar-refractivity contribution in [1.82, 2.24) is 10.3 Å². The second kappa shape index (κ2) is 6.69. The average molecular weight is 304 g/mol. The second-order valence-electron chi connectivity index (χ2n) is 4.78. The fraction of sp³-hybridized carbons (Fsp3) is 0.333. The van der Waals surface area contributed by atoms with Gasteiger partial charge in [-0.3, -0.25) is 4.79 Å². The molecule has 110 valence electrons. The van der Waals surface area contributed by atoms with Crippen LogP contribution in [0.15, 0.2) is 41.2 Å². The van der Waals surface area contributed by atoms with Gasteiger partial charge >= 0.3 is 0 Å². The molecule has 0 spiro atoms. The quantitative estimate of drug-likeness (QED) is 0.940. The number of carbonyl (C=O) groups is 1. The topological polar surface area (TPSA) is 60.5 Å². The van der Waals surface area contributed by atoms with Gasteiger partial charge in [-0.15, -0.1) is 0 Å². The molecule has 0 unspecified atom stereocenters. The van der Waals surface area contributed by atoms with Crippen LogP contribution in [0.5, 0.6) is 5.88 Å². The van der Waals surface area contributed by atoms with Crippen molar-refractivity contribution in [2.45, 2.75) is 18.6 Å². The number of pyridine rings is 1. The van der Waals surface area contributed by atoms with E-state index in [0.29, 0.717) is 24.7 Å². The normalized spacial score (nSPS) is 21.7. The molecule has 1 saturated heterocycles. The van der Waals surface area contributed by atoms with Crippen molar-refractivity contribution in [2.24, 2.45) is 0 Å². The molecule has 1 aliphatic heterocycles. The average Bonchev–Trinajstić information content (AvgIpc) is 3.05. The minimum absolute atomic E-state index is 0.0960. The van der Waals surface area contributed by atoms with E-state index in [1.807, 2.05) is 29.0 Å². The Balaban J connectivity index is 1.65. The number of hydrogen-bond acceptors (Lipinski definition) is 5. The smallest absolute Gasteiger partial charge is 0.252 e. The highest BCUT2D eigenvalue weighted by Crippen LogP contribution is 2.16. The molecule has 5 nitrogen and oxygen atoms in total. The highest BCUT2D eigenvalue weighted by atomic mass is 32.1. The molecule has 2 aromatic heterocycles. The van der Waals surface area contributed by atoms with Gasteiger partial charge in [-0.1, -0.05) is 6.07 Å². The SMILES string of the molecule is O=C(N[C@@H]1COCC[C@H]1Oc1ccccn1)c1ccsc1. The Bertz CT molecular complexity index is 574. The van der Waals surface area contributed by atoms with E-state index in [4.69, 9.17) is 9.47 Å². The number of carbonyl (C=O) groups excluding carboxylic acids is 1. The van der Waals surface area contributed by atoms with Gasteiger partial charge < -0.3 is 14.8 Å². The molecule has 2 aromatic rings. The molecule has 1 aliphatic rings. The Morgan fingerprint density at radius 1 is 1.43 bits per heavy atom. The minimum Gasteiger partial charge on any atom is -0.472 e. The summed E-state index contributed by atoms with van der Waals surface area (Å²) in [5.74, 6) is 0.473. The van der Waals surface area contributed by atoms with Gasteiger partial charge in [0.2, 0.25) is 5.88 Å². The first-order valence-corrected chi connectivity index (χ1v) is 7.76. The molecule has 1 N–H and O–H groups in total. The van der Waals surface area contributed by atoms with Crippen LogP contribution in [0.4, 0.5) is 0 Å². The lowest BCUT2D eigenvalue weighted by Gasteiger charge is -2.31. The number of amides is 1. The van der Waals surface area contributed by atoms with E-state index < -0.39 is 0 Å². The lowest BCUT2D eigenvalue weighted by Crippen LogP contribution is -2.51. The van der Waals surface area contributed by atoms with Crippen LogP contribution in [-0.2, 0) is 4.74 Å². The molecule has 21 heavy (non-hydrogen) atoms. The summed E-state index contributed by atoms with van der Waals surface area (Å²) in [5, 5.41) is 6.69. The summed E-state index contributed by atoms with van der Waals surface area (Å²) in [7, 11) is 0. The molecule has 3 heterocycles. The molecule has 2 atom stereocenters. The lowest BCUT2D eigenvalue weighted by molar-refractivity contribution is -0.00447. The van der Waals surface area contributed by atoms with Crippen LogP contribution in [0.3, 0.4) is 0 Å². The van der Waals surface area contributed by atoms with Gasteiger partial charge in [-0.2, -0.15) is 11.3 Å². The van der Waals surface area contributed by atoms with Gasteiger partial charge in [0.25, 0.3) is 5.91 Å². The zero-order valence-corrected chi connectivity index (χ0v) is 12.2. The van der Waals surface area contributed by atoms with Crippen molar-refractivity contribution in [3.63, 3.8) is 0 Å². The number of thiophene rings is 1. The monoisotopic (exact) mass is 304 g/mol. The predicted molar refractivity (Wildman–Crippen MR) is 79.7 cm³/mol. The Morgan fingerprint density at radius 3 is 3.14 bits per heavy atom. The molecular weight excluding hydrogens is 288 g/mol. The van der Waals surface area contributed by atoms with Crippen LogP contribution in [0.1, 0.15) is 16.8 Å². The third-order valence-electron chi connectivity index (χ3n) is 3.30. The van der Waals surface area contributed by atoms with Crippen molar-refractivity contribution in [1.29, 1.82) is 0 Å². The van der Waals surface area contributed by atoms with Gasteiger partial charge in [-0.05, 0) is 17.5 Å². The molecule has 0 aliphatic carbocycles. The standard InChI is InChI=1S/C15H16N2O3S/c18-15(11-5-8-21-10-11)17-12-9-19-7-4-13(12)20-14-3-1-2-6-16-14/h1-3,5-6,8,10,12-13H,4,7,9H2,(H,17,18)/t12-,13-/m1/s1. The number of aromatic nitrogens is 1. The van der Waals surface area contributed by atoms with Gasteiger partial charge in [0.1, 0.15) is 6.10 Å². The highest BCUT2D eigenvalue weighted by molar-refractivity contribution is 7.08. The van der Waals surface area contributed by atoms with Crippen LogP contribution in [0.25, 0.3) is 0 Å². The van der Waals surface area contributed by atoms with E-state index in [2.05, 4.69) is 10.3 Å². The van der Waals surface area contributed by atoms with Gasteiger partial charge in [0.05, 0.1) is 19.3 Å². The fourth-order valence-corrected chi connectivity index (χ4v) is 2.85. The molecule has 1 fully saturated rings. The van der Waals surface area contributed by atoms with E-state index in [1.165, 1.54) is 11.3 Å². The van der Waals surface area contributed by atoms with E-state index >= 15 is 0 Å². The van der Waals surface area contributed by atoms with Crippen molar-refractivity contribution < 1.29 is 14.3 Å². The molecule has 0 aromatic carbocycles. The predicted octanol–water partition coefficient (Wildman–Crippen LogP) is 2.11. The van der Waals surface area contributed by atoms with E-state index in [1.54, 1.807) is 12.3 Å². The first kappa shape index (κ1) is 14.0. The van der Waals surface area contributed by atoms with Crippen molar-refractivity contribution in [2.75, 3.05) is 13.2 Å². The maximum Gasteiger partial charge on any atom is 0.252 e. The largest absolute Gasteiger partial charge is 0.472 e. The maximum absolute atomic E-state index is 12.1. The van der Waals surface area contributed by atoms with Crippen molar-refractivity contribution >= 4 is 17.2 Å². The highest BCUT2D eigenvalue weighted by Gasteiger charge is 2.29. The Morgan fingerprint density at radius 2 is 2.38 bits per heavy atom. The van der Waals surface area contributed by atoms with E-state index in [9.17, 15) is 4.79 Å². The summed E-state index contributed by atoms with van der Waals surface area (Å²) in [6.45, 7) is 1.08. The third kappa shape index (κ3) is 3.59. The van der Waals surface area contributed by atoms with Crippen molar-refractivity contribution in [3.05, 3.63) is 46.8 Å². The maximum atomic E-state index is 12.1. The van der Waals surface area contributed by atoms with Crippen molar-refractivity contribution in [3.8, 4) is 5.88 Å². The molecular formula is C15H16N2O3S. The van der Waals surface area contributed by atoms with Crippen LogP contribution < -0.4 is 10.1 Å². The molecule has 1 amide bonds. The second-order valence-corrected chi connectivity index (χ2v) is 5.56. The number of nitrogens with zero attached hydrogens (tertiary/aromatic N) is 1. The zero-order chi connectivity index (χ0) is 14.5. The zero-order valence-electron chi connectivity index (χ0n) is 11.4. The summed E-state index contributed by atoms with van der Waals surface area (Å²) in [5.41, 5.74) is 0.669. The van der Waals surface area contributed by atoms with Gasteiger partial charge in [0, 0.05) is 29.6 Å². The van der Waals surface area contributed by atoms with Crippen LogP contribution in [0.2, 0.25) is 0 Å². The summed E-state index contributed by atoms with van der Waals surface area (Å²) in [6, 6.07) is 7.16. The molecule has 0 radical (unpaired) electrons. The summed E-state index contributed by atoms with van der Waals surface area (Å²) >= 11 is 1.50. The van der Waals surface area contributed by atoms with Crippen LogP contribution in [0, 0.1) is 0 Å². The third-order valence-corrected chi connectivity index (χ3v) is 3.99. The molecule has 0 saturated carbocycles.